The first kappa shape index (κ1) is 16.8. The summed E-state index contributed by atoms with van der Waals surface area (Å²) in [6.45, 7) is 2.74. The van der Waals surface area contributed by atoms with Crippen molar-refractivity contribution in [3.63, 3.8) is 0 Å². The third kappa shape index (κ3) is 3.19. The second-order valence-corrected chi connectivity index (χ2v) is 7.20. The molecule has 0 aliphatic heterocycles. The molecule has 0 unspecified atom stereocenters. The molecule has 0 spiro atoms. The summed E-state index contributed by atoms with van der Waals surface area (Å²) in [7, 11) is 0. The van der Waals surface area contributed by atoms with Crippen LogP contribution < -0.4 is 5.32 Å². The Morgan fingerprint density at radius 2 is 2.00 bits per heavy atom. The maximum absolute atomic E-state index is 14.2. The van der Waals surface area contributed by atoms with Gasteiger partial charge >= 0.3 is 0 Å². The van der Waals surface area contributed by atoms with Gasteiger partial charge < -0.3 is 5.32 Å². The van der Waals surface area contributed by atoms with E-state index in [4.69, 9.17) is 0 Å². The van der Waals surface area contributed by atoms with Crippen molar-refractivity contribution in [1.82, 2.24) is 24.7 Å². The largest absolute Gasteiger partial charge is 0.354 e. The molecule has 28 heavy (non-hydrogen) atoms. The minimum atomic E-state index is -0.385. The van der Waals surface area contributed by atoms with E-state index in [1.807, 2.05) is 23.7 Å². The van der Waals surface area contributed by atoms with Crippen molar-refractivity contribution >= 4 is 22.4 Å². The van der Waals surface area contributed by atoms with Gasteiger partial charge in [-0.2, -0.15) is 5.10 Å². The highest BCUT2D eigenvalue weighted by Gasteiger charge is 2.23. The Bertz CT molecular complexity index is 1160. The third-order valence-corrected chi connectivity index (χ3v) is 4.92. The molecule has 7 heteroatoms. The predicted molar refractivity (Wildman–Crippen MR) is 106 cm³/mol. The number of nitrogens with zero attached hydrogens (tertiary/aromatic N) is 5. The molecule has 4 heterocycles. The average Bonchev–Trinajstić information content (AvgIpc) is 3.42. The highest BCUT2D eigenvalue weighted by atomic mass is 19.1. The summed E-state index contributed by atoms with van der Waals surface area (Å²) in [6.07, 6.45) is 7.73. The van der Waals surface area contributed by atoms with Gasteiger partial charge in [0.25, 0.3) is 0 Å². The van der Waals surface area contributed by atoms with Crippen molar-refractivity contribution in [2.45, 2.75) is 26.3 Å². The normalized spacial score (nSPS) is 13.8. The molecule has 1 aliphatic carbocycles. The number of hydrogen-bond acceptors (Lipinski definition) is 5. The molecule has 0 radical (unpaired) electrons. The first-order valence-corrected chi connectivity index (χ1v) is 9.34. The van der Waals surface area contributed by atoms with E-state index in [1.54, 1.807) is 30.7 Å². The van der Waals surface area contributed by atoms with E-state index in [2.05, 4.69) is 25.4 Å². The van der Waals surface area contributed by atoms with Gasteiger partial charge in [0.15, 0.2) is 5.82 Å². The van der Waals surface area contributed by atoms with Crippen molar-refractivity contribution in [2.24, 2.45) is 5.92 Å². The highest BCUT2D eigenvalue weighted by Crippen LogP contribution is 2.33. The molecule has 5 rings (SSSR count). The predicted octanol–water partition coefficient (Wildman–Crippen LogP) is 4.49. The number of nitrogens with one attached hydrogen (secondary N) is 1. The average molecular weight is 374 g/mol. The van der Waals surface area contributed by atoms with Crippen LogP contribution in [0.4, 0.5) is 15.8 Å². The van der Waals surface area contributed by atoms with E-state index in [-0.39, 0.29) is 11.5 Å². The summed E-state index contributed by atoms with van der Waals surface area (Å²) in [5, 5.41) is 7.93. The van der Waals surface area contributed by atoms with Crippen LogP contribution in [0.25, 0.3) is 22.4 Å². The molecule has 0 saturated heterocycles. The van der Waals surface area contributed by atoms with Crippen LogP contribution in [-0.2, 0) is 6.54 Å². The zero-order chi connectivity index (χ0) is 19.1. The topological polar surface area (TPSA) is 68.5 Å². The summed E-state index contributed by atoms with van der Waals surface area (Å²) in [6, 6.07) is 8.65. The second-order valence-electron chi connectivity index (χ2n) is 7.20. The molecular weight excluding hydrogens is 355 g/mol. The molecule has 1 aliphatic rings. The van der Waals surface area contributed by atoms with Crippen molar-refractivity contribution < 1.29 is 4.39 Å². The first-order chi connectivity index (χ1) is 13.7. The quantitative estimate of drug-likeness (QED) is 0.557. The molecule has 1 N–H and O–H groups in total. The van der Waals surface area contributed by atoms with Gasteiger partial charge in [-0.3, -0.25) is 14.6 Å². The van der Waals surface area contributed by atoms with Crippen molar-refractivity contribution in [3.8, 4) is 11.4 Å². The Balaban J connectivity index is 1.51. The molecule has 1 saturated carbocycles. The number of pyridine rings is 3. The fourth-order valence-electron chi connectivity index (χ4n) is 3.31. The van der Waals surface area contributed by atoms with E-state index in [1.165, 1.54) is 18.9 Å². The molecule has 4 aromatic rings. The zero-order valence-corrected chi connectivity index (χ0v) is 15.4. The lowest BCUT2D eigenvalue weighted by Crippen LogP contribution is -2.04. The second kappa shape index (κ2) is 6.67. The number of anilines is 2. The summed E-state index contributed by atoms with van der Waals surface area (Å²) < 4.78 is 16.2. The fraction of sp³-hybridized carbons (Fsp3) is 0.238. The maximum atomic E-state index is 14.2. The third-order valence-electron chi connectivity index (χ3n) is 4.92. The molecule has 140 valence electrons. The van der Waals surface area contributed by atoms with Gasteiger partial charge in [0.1, 0.15) is 16.7 Å². The van der Waals surface area contributed by atoms with Gasteiger partial charge in [-0.05, 0) is 56.0 Å². The van der Waals surface area contributed by atoms with Crippen molar-refractivity contribution in [3.05, 3.63) is 60.4 Å². The minimum Gasteiger partial charge on any atom is -0.354 e. The van der Waals surface area contributed by atoms with Crippen LogP contribution in [0.2, 0.25) is 0 Å². The Kier molecular flexibility index (Phi) is 4.00. The lowest BCUT2D eigenvalue weighted by atomic mass is 10.2. The van der Waals surface area contributed by atoms with Crippen LogP contribution in [0, 0.1) is 18.7 Å². The molecule has 6 nitrogen and oxygen atoms in total. The summed E-state index contributed by atoms with van der Waals surface area (Å²) >= 11 is 0. The number of hydrogen-bond donors (Lipinski definition) is 1. The SMILES string of the molecule is Cc1ccc(F)c(-c2cc(Nc3ccnc4cnn(CC5CC5)c34)ccn2)n1. The van der Waals surface area contributed by atoms with Gasteiger partial charge in [0, 0.05) is 30.3 Å². The van der Waals surface area contributed by atoms with E-state index in [0.29, 0.717) is 11.6 Å². The summed E-state index contributed by atoms with van der Waals surface area (Å²) in [5.41, 5.74) is 5.04. The monoisotopic (exact) mass is 374 g/mol. The van der Waals surface area contributed by atoms with E-state index < -0.39 is 0 Å². The standard InChI is InChI=1S/C21H19FN6/c1-13-2-5-16(22)20(26-13)18-10-15(6-8-23-18)27-17-7-9-24-19-11-25-28(21(17)19)12-14-3-4-14/h2,5-11,14H,3-4,12H2,1H3,(H,23,24,27). The Morgan fingerprint density at radius 1 is 1.14 bits per heavy atom. The molecule has 0 atom stereocenters. The first-order valence-electron chi connectivity index (χ1n) is 9.34. The highest BCUT2D eigenvalue weighted by molar-refractivity contribution is 5.89. The van der Waals surface area contributed by atoms with Crippen LogP contribution in [0.5, 0.6) is 0 Å². The lowest BCUT2D eigenvalue weighted by Gasteiger charge is -2.11. The zero-order valence-electron chi connectivity index (χ0n) is 15.4. The molecule has 1 fully saturated rings. The van der Waals surface area contributed by atoms with Crippen molar-refractivity contribution in [1.29, 1.82) is 0 Å². The molecule has 4 aromatic heterocycles. The van der Waals surface area contributed by atoms with Crippen LogP contribution in [0.15, 0.2) is 48.9 Å². The Labute approximate surface area is 161 Å². The van der Waals surface area contributed by atoms with Gasteiger partial charge in [0.05, 0.1) is 17.6 Å². The molecule has 0 amide bonds. The summed E-state index contributed by atoms with van der Waals surface area (Å²) in [5.74, 6) is 0.322. The van der Waals surface area contributed by atoms with Crippen LogP contribution in [0.1, 0.15) is 18.5 Å². The number of aryl methyl sites for hydroxylation is 1. The maximum Gasteiger partial charge on any atom is 0.151 e. The molecule has 0 bridgehead atoms. The number of aromatic nitrogens is 5. The van der Waals surface area contributed by atoms with Gasteiger partial charge in [-0.25, -0.2) is 9.37 Å². The van der Waals surface area contributed by atoms with Crippen LogP contribution in [-0.4, -0.2) is 24.7 Å². The Morgan fingerprint density at radius 3 is 2.86 bits per heavy atom. The van der Waals surface area contributed by atoms with Gasteiger partial charge in [-0.1, -0.05) is 0 Å². The smallest absolute Gasteiger partial charge is 0.151 e. The van der Waals surface area contributed by atoms with Crippen LogP contribution in [0.3, 0.4) is 0 Å². The van der Waals surface area contributed by atoms with Gasteiger partial charge in [0.2, 0.25) is 0 Å². The van der Waals surface area contributed by atoms with Gasteiger partial charge in [-0.15, -0.1) is 0 Å². The lowest BCUT2D eigenvalue weighted by molar-refractivity contribution is 0.581. The van der Waals surface area contributed by atoms with E-state index in [9.17, 15) is 4.39 Å². The van der Waals surface area contributed by atoms with E-state index >= 15 is 0 Å². The number of rotatable bonds is 5. The van der Waals surface area contributed by atoms with Crippen molar-refractivity contribution in [2.75, 3.05) is 5.32 Å². The number of halogens is 1. The summed E-state index contributed by atoms with van der Waals surface area (Å²) in [4.78, 5) is 13.0. The fourth-order valence-corrected chi connectivity index (χ4v) is 3.31. The minimum absolute atomic E-state index is 0.252. The van der Waals surface area contributed by atoms with Crippen LogP contribution >= 0.6 is 0 Å². The van der Waals surface area contributed by atoms with E-state index in [0.717, 1.165) is 34.6 Å². The molecule has 0 aromatic carbocycles. The molecular formula is C21H19FN6. The Hall–Kier alpha value is -3.35. The number of fused-ring (bicyclic) bond motifs is 1.